The zero-order valence-electron chi connectivity index (χ0n) is 7.83. The molecule has 1 aliphatic rings. The molecule has 1 saturated heterocycles. The molecule has 0 spiro atoms. The SMILES string of the molecule is COC(=O)C1CNCC1N(C)C. The Morgan fingerprint density at radius 2 is 2.17 bits per heavy atom. The number of nitrogens with zero attached hydrogens (tertiary/aromatic N) is 1. The van der Waals surface area contributed by atoms with Crippen LogP contribution >= 0.6 is 0 Å². The smallest absolute Gasteiger partial charge is 0.311 e. The van der Waals surface area contributed by atoms with Crippen LogP contribution < -0.4 is 5.32 Å². The largest absolute Gasteiger partial charge is 0.469 e. The monoisotopic (exact) mass is 172 g/mol. The first kappa shape index (κ1) is 9.48. The maximum absolute atomic E-state index is 11.2. The number of nitrogens with one attached hydrogen (secondary N) is 1. The summed E-state index contributed by atoms with van der Waals surface area (Å²) in [7, 11) is 5.40. The first-order chi connectivity index (χ1) is 5.66. The van der Waals surface area contributed by atoms with Crippen molar-refractivity contribution in [2.45, 2.75) is 6.04 Å². The molecule has 0 aromatic heterocycles. The van der Waals surface area contributed by atoms with E-state index in [1.54, 1.807) is 0 Å². The van der Waals surface area contributed by atoms with Gasteiger partial charge in [0.2, 0.25) is 0 Å². The van der Waals surface area contributed by atoms with Crippen molar-refractivity contribution in [2.24, 2.45) is 5.92 Å². The molecular formula is C8H16N2O2. The van der Waals surface area contributed by atoms with E-state index in [9.17, 15) is 4.79 Å². The van der Waals surface area contributed by atoms with Gasteiger partial charge in [-0.1, -0.05) is 0 Å². The Morgan fingerprint density at radius 3 is 2.67 bits per heavy atom. The predicted molar refractivity (Wildman–Crippen MR) is 45.9 cm³/mol. The highest BCUT2D eigenvalue weighted by Gasteiger charge is 2.34. The van der Waals surface area contributed by atoms with Gasteiger partial charge >= 0.3 is 5.97 Å². The first-order valence-electron chi connectivity index (χ1n) is 4.11. The number of methoxy groups -OCH3 is 1. The van der Waals surface area contributed by atoms with Crippen LogP contribution in [0.3, 0.4) is 0 Å². The minimum Gasteiger partial charge on any atom is -0.469 e. The average molecular weight is 172 g/mol. The van der Waals surface area contributed by atoms with Crippen molar-refractivity contribution in [1.29, 1.82) is 0 Å². The highest BCUT2D eigenvalue weighted by molar-refractivity contribution is 5.73. The summed E-state index contributed by atoms with van der Waals surface area (Å²) in [5.41, 5.74) is 0. The van der Waals surface area contributed by atoms with Crippen LogP contribution in [0.4, 0.5) is 0 Å². The normalized spacial score (nSPS) is 29.3. The Kier molecular flexibility index (Phi) is 3.05. The Hall–Kier alpha value is -0.610. The number of likely N-dealkylation sites (N-methyl/N-ethyl adjacent to an activating group) is 1. The van der Waals surface area contributed by atoms with E-state index in [4.69, 9.17) is 4.74 Å². The minimum absolute atomic E-state index is 0.00926. The van der Waals surface area contributed by atoms with Crippen LogP contribution in [-0.2, 0) is 9.53 Å². The highest BCUT2D eigenvalue weighted by atomic mass is 16.5. The summed E-state index contributed by atoms with van der Waals surface area (Å²) in [5.74, 6) is -0.122. The number of hydrogen-bond acceptors (Lipinski definition) is 4. The summed E-state index contributed by atoms with van der Waals surface area (Å²) in [6.07, 6.45) is 0. The van der Waals surface area contributed by atoms with E-state index < -0.39 is 0 Å². The lowest BCUT2D eigenvalue weighted by Crippen LogP contribution is -2.38. The summed E-state index contributed by atoms with van der Waals surface area (Å²) in [5, 5.41) is 3.18. The van der Waals surface area contributed by atoms with Crippen LogP contribution in [-0.4, -0.2) is 51.2 Å². The van der Waals surface area contributed by atoms with Gasteiger partial charge in [-0.25, -0.2) is 0 Å². The molecule has 1 rings (SSSR count). The van der Waals surface area contributed by atoms with Crippen molar-refractivity contribution in [3.05, 3.63) is 0 Å². The maximum Gasteiger partial charge on any atom is 0.311 e. The van der Waals surface area contributed by atoms with Crippen molar-refractivity contribution >= 4 is 5.97 Å². The molecule has 12 heavy (non-hydrogen) atoms. The second kappa shape index (κ2) is 3.87. The molecule has 4 heteroatoms. The summed E-state index contributed by atoms with van der Waals surface area (Å²) in [6, 6.07) is 0.275. The molecule has 2 unspecified atom stereocenters. The number of rotatable bonds is 2. The lowest BCUT2D eigenvalue weighted by atomic mass is 10.0. The number of ether oxygens (including phenoxy) is 1. The Morgan fingerprint density at radius 1 is 1.50 bits per heavy atom. The molecule has 1 N–H and O–H groups in total. The van der Waals surface area contributed by atoms with E-state index in [-0.39, 0.29) is 17.9 Å². The van der Waals surface area contributed by atoms with Gasteiger partial charge in [0.05, 0.1) is 13.0 Å². The molecule has 1 aliphatic heterocycles. The van der Waals surface area contributed by atoms with E-state index >= 15 is 0 Å². The standard InChI is InChI=1S/C8H16N2O2/c1-10(2)7-5-9-4-6(7)8(11)12-3/h6-7,9H,4-5H2,1-3H3. The summed E-state index contributed by atoms with van der Waals surface area (Å²) in [4.78, 5) is 13.3. The maximum atomic E-state index is 11.2. The fraction of sp³-hybridized carbons (Fsp3) is 0.875. The van der Waals surface area contributed by atoms with Gasteiger partial charge < -0.3 is 15.0 Å². The van der Waals surface area contributed by atoms with Crippen molar-refractivity contribution in [1.82, 2.24) is 10.2 Å². The predicted octanol–water partition coefficient (Wildman–Crippen LogP) is -0.691. The van der Waals surface area contributed by atoms with E-state index in [1.807, 2.05) is 14.1 Å². The molecule has 0 aromatic carbocycles. The molecular weight excluding hydrogens is 156 g/mol. The third kappa shape index (κ3) is 1.76. The highest BCUT2D eigenvalue weighted by Crippen LogP contribution is 2.14. The summed E-state index contributed by atoms with van der Waals surface area (Å²) in [6.45, 7) is 1.60. The second-order valence-corrected chi connectivity index (χ2v) is 3.32. The van der Waals surface area contributed by atoms with Gasteiger partial charge in [0.1, 0.15) is 0 Å². The topological polar surface area (TPSA) is 41.6 Å². The number of carbonyl (C=O) groups excluding carboxylic acids is 1. The van der Waals surface area contributed by atoms with Crippen LogP contribution in [0.1, 0.15) is 0 Å². The van der Waals surface area contributed by atoms with E-state index in [2.05, 4.69) is 10.2 Å². The lowest BCUT2D eigenvalue weighted by Gasteiger charge is -2.22. The Balaban J connectivity index is 2.57. The zero-order valence-corrected chi connectivity index (χ0v) is 7.83. The van der Waals surface area contributed by atoms with Crippen LogP contribution in [0.15, 0.2) is 0 Å². The van der Waals surface area contributed by atoms with Crippen LogP contribution in [0.2, 0.25) is 0 Å². The minimum atomic E-state index is -0.112. The van der Waals surface area contributed by atoms with Crippen LogP contribution in [0.5, 0.6) is 0 Å². The van der Waals surface area contributed by atoms with E-state index in [0.29, 0.717) is 0 Å². The van der Waals surface area contributed by atoms with Crippen molar-refractivity contribution in [2.75, 3.05) is 34.3 Å². The third-order valence-electron chi connectivity index (χ3n) is 2.35. The van der Waals surface area contributed by atoms with Gasteiger partial charge in [0, 0.05) is 19.1 Å². The molecule has 0 radical (unpaired) electrons. The Bertz CT molecular complexity index is 170. The van der Waals surface area contributed by atoms with Crippen molar-refractivity contribution in [3.8, 4) is 0 Å². The van der Waals surface area contributed by atoms with Gasteiger partial charge in [-0.15, -0.1) is 0 Å². The van der Waals surface area contributed by atoms with Crippen LogP contribution in [0.25, 0.3) is 0 Å². The van der Waals surface area contributed by atoms with E-state index in [1.165, 1.54) is 7.11 Å². The number of carbonyl (C=O) groups is 1. The molecule has 2 atom stereocenters. The first-order valence-corrected chi connectivity index (χ1v) is 4.11. The third-order valence-corrected chi connectivity index (χ3v) is 2.35. The molecule has 1 fully saturated rings. The van der Waals surface area contributed by atoms with E-state index in [0.717, 1.165) is 13.1 Å². The molecule has 0 aliphatic carbocycles. The fourth-order valence-corrected chi connectivity index (χ4v) is 1.60. The molecule has 4 nitrogen and oxygen atoms in total. The lowest BCUT2D eigenvalue weighted by molar-refractivity contribution is -0.146. The molecule has 0 amide bonds. The zero-order chi connectivity index (χ0) is 9.14. The fourth-order valence-electron chi connectivity index (χ4n) is 1.60. The molecule has 70 valence electrons. The number of esters is 1. The van der Waals surface area contributed by atoms with Crippen molar-refractivity contribution in [3.63, 3.8) is 0 Å². The molecule has 1 heterocycles. The Labute approximate surface area is 72.9 Å². The van der Waals surface area contributed by atoms with Crippen LogP contribution in [0, 0.1) is 5.92 Å². The van der Waals surface area contributed by atoms with Gasteiger partial charge in [-0.05, 0) is 14.1 Å². The quantitative estimate of drug-likeness (QED) is 0.560. The summed E-state index contributed by atoms with van der Waals surface area (Å²) < 4.78 is 4.71. The molecule has 0 saturated carbocycles. The second-order valence-electron chi connectivity index (χ2n) is 3.32. The van der Waals surface area contributed by atoms with Gasteiger partial charge in [0.25, 0.3) is 0 Å². The average Bonchev–Trinajstić information content (AvgIpc) is 2.50. The van der Waals surface area contributed by atoms with Gasteiger partial charge in [-0.3, -0.25) is 4.79 Å². The summed E-state index contributed by atoms with van der Waals surface area (Å²) >= 11 is 0. The molecule has 0 aromatic rings. The van der Waals surface area contributed by atoms with Gasteiger partial charge in [-0.2, -0.15) is 0 Å². The van der Waals surface area contributed by atoms with Crippen molar-refractivity contribution < 1.29 is 9.53 Å². The molecule has 0 bridgehead atoms. The number of hydrogen-bond donors (Lipinski definition) is 1. The van der Waals surface area contributed by atoms with Gasteiger partial charge in [0.15, 0.2) is 0 Å².